The van der Waals surface area contributed by atoms with Gasteiger partial charge in [-0.05, 0) is 0 Å². The Morgan fingerprint density at radius 1 is 1.20 bits per heavy atom. The Kier molecular flexibility index (Phi) is 3.98. The third kappa shape index (κ3) is 21.3. The quantitative estimate of drug-likeness (QED) is 0.287. The van der Waals surface area contributed by atoms with E-state index in [4.69, 9.17) is 11.8 Å². The molecule has 5 heavy (non-hydrogen) atoms. The molecule has 0 saturated heterocycles. The molecule has 0 aliphatic heterocycles. The van der Waals surface area contributed by atoms with Crippen molar-refractivity contribution in [2.24, 2.45) is 0 Å². The Labute approximate surface area is 64.1 Å². The number of rotatable bonds is 0. The molecule has 0 amide bonds. The van der Waals surface area contributed by atoms with Crippen molar-refractivity contribution in [3.05, 3.63) is 0 Å². The van der Waals surface area contributed by atoms with E-state index in [9.17, 15) is 0 Å². The first-order valence-electron chi connectivity index (χ1n) is 1.52. The average Bonchev–Trinajstić information content (AvgIpc) is 0.722. The van der Waals surface area contributed by atoms with Gasteiger partial charge in [0, 0.05) is 0 Å². The fraction of sp³-hybridized carbons (Fsp3) is 0. The molecule has 0 unspecified atom stereocenters. The van der Waals surface area contributed by atoms with Gasteiger partial charge in [-0.1, -0.05) is 0 Å². The van der Waals surface area contributed by atoms with E-state index in [2.05, 4.69) is 51.7 Å². The second-order valence-corrected chi connectivity index (χ2v) is 8.95. The topological polar surface area (TPSA) is 0 Å². The first-order valence-corrected chi connectivity index (χ1v) is 5.67. The molecule has 0 spiro atoms. The molecule has 0 saturated carbocycles. The summed E-state index contributed by atoms with van der Waals surface area (Å²) >= 11 is 11.3. The SMILES string of the molecule is [Li][P]([Li])([Li])=S. The van der Waals surface area contributed by atoms with Gasteiger partial charge in [0.2, 0.25) is 0 Å². The molecule has 0 N–H and O–H groups in total. The van der Waals surface area contributed by atoms with Crippen molar-refractivity contribution >= 4 is 64.8 Å². The Bertz CT molecular complexity index is 53.0. The Morgan fingerprint density at radius 2 is 1.20 bits per heavy atom. The van der Waals surface area contributed by atoms with Crippen LogP contribution in [0.4, 0.5) is 0 Å². The first-order chi connectivity index (χ1) is 2.00. The van der Waals surface area contributed by atoms with Gasteiger partial charge < -0.3 is 0 Å². The second-order valence-electron chi connectivity index (χ2n) is 1.89. The second kappa shape index (κ2) is 2.68. The van der Waals surface area contributed by atoms with Crippen LogP contribution in [0.25, 0.3) is 0 Å². The fourth-order valence-corrected chi connectivity index (χ4v) is 0. The predicted molar refractivity (Wildman–Crippen MR) is 31.5 cm³/mol. The normalized spacial score (nSPS) is 12.4. The van der Waals surface area contributed by atoms with Crippen LogP contribution in [0.5, 0.6) is 0 Å². The van der Waals surface area contributed by atoms with Gasteiger partial charge in [0.15, 0.2) is 0 Å². The van der Waals surface area contributed by atoms with Crippen molar-refractivity contribution in [3.8, 4) is 0 Å². The molecule has 0 fully saturated rings. The van der Waals surface area contributed by atoms with Gasteiger partial charge in [-0.15, -0.1) is 0 Å². The van der Waals surface area contributed by atoms with Crippen molar-refractivity contribution < 1.29 is 0 Å². The molecule has 0 atom stereocenters. The van der Waals surface area contributed by atoms with E-state index < -0.39 is 1.31 Å². The van der Waals surface area contributed by atoms with Gasteiger partial charge in [-0.2, -0.15) is 0 Å². The predicted octanol–water partition coefficient (Wildman–Crippen LogP) is -0.284. The fourth-order valence-electron chi connectivity index (χ4n) is 0. The van der Waals surface area contributed by atoms with E-state index in [-0.39, 0.29) is 0 Å². The van der Waals surface area contributed by atoms with Crippen LogP contribution < -0.4 is 0 Å². The summed E-state index contributed by atoms with van der Waals surface area (Å²) in [5.41, 5.74) is 0. The molecule has 0 aliphatic rings. The number of hydrogen-bond acceptors (Lipinski definition) is 1. The molecule has 0 bridgehead atoms. The molecular weight excluding hydrogens is 83.9 g/mol. The van der Waals surface area contributed by atoms with E-state index in [1.54, 1.807) is 0 Å². The minimum atomic E-state index is -0.806. The van der Waals surface area contributed by atoms with Gasteiger partial charge in [0.25, 0.3) is 0 Å². The zero-order chi connectivity index (χ0) is 4.50. The molecule has 0 rings (SSSR count). The summed E-state index contributed by atoms with van der Waals surface area (Å²) in [6.07, 6.45) is 0. The molecule has 0 aromatic carbocycles. The van der Waals surface area contributed by atoms with Crippen LogP contribution in [0, 0.1) is 0 Å². The molecule has 0 heterocycles. The van der Waals surface area contributed by atoms with Crippen LogP contribution in [0.1, 0.15) is 0 Å². The Hall–Kier alpha value is 2.44. The van der Waals surface area contributed by atoms with Gasteiger partial charge in [-0.25, -0.2) is 0 Å². The van der Waals surface area contributed by atoms with Gasteiger partial charge >= 0.3 is 64.8 Å². The van der Waals surface area contributed by atoms with Crippen molar-refractivity contribution in [2.75, 3.05) is 0 Å². The summed E-state index contributed by atoms with van der Waals surface area (Å²) < 4.78 is -0.806. The van der Waals surface area contributed by atoms with Crippen molar-refractivity contribution in [2.45, 2.75) is 0 Å². The average molecular weight is 83.9 g/mol. The van der Waals surface area contributed by atoms with Crippen LogP contribution in [0.2, 0.25) is 0 Å². The first kappa shape index (κ1) is 7.44. The third-order valence-corrected chi connectivity index (χ3v) is 0. The van der Waals surface area contributed by atoms with Crippen molar-refractivity contribution in [3.63, 3.8) is 0 Å². The summed E-state index contributed by atoms with van der Waals surface area (Å²) in [7, 11) is 0. The van der Waals surface area contributed by atoms with E-state index in [0.717, 1.165) is 0 Å². The summed E-state index contributed by atoms with van der Waals surface area (Å²) in [6.45, 7) is 0. The van der Waals surface area contributed by atoms with Crippen LogP contribution in [0.3, 0.4) is 0 Å². The van der Waals surface area contributed by atoms with E-state index in [1.165, 1.54) is 0 Å². The molecule has 0 aliphatic carbocycles. The zero-order valence-electron chi connectivity index (χ0n) is 3.86. The maximum absolute atomic E-state index is 4.94. The monoisotopic (exact) mass is 84.0 g/mol. The summed E-state index contributed by atoms with van der Waals surface area (Å²) in [4.78, 5) is 0. The Morgan fingerprint density at radius 3 is 1.20 bits per heavy atom. The van der Waals surface area contributed by atoms with Crippen LogP contribution in [-0.2, 0) is 11.8 Å². The maximum atomic E-state index is 4.94. The molecule has 0 nitrogen and oxygen atoms in total. The summed E-state index contributed by atoms with van der Waals surface area (Å²) in [6, 6.07) is 0. The van der Waals surface area contributed by atoms with Gasteiger partial charge in [0.1, 0.15) is 0 Å². The molecule has 0 aromatic rings. The molecular formula is Li3PS. The zero-order valence-corrected chi connectivity index (χ0v) is 5.57. The standard InChI is InChI=1S/3Li.PS/c;;;1-2. The Balaban J connectivity index is 3.47. The van der Waals surface area contributed by atoms with Crippen LogP contribution >= 0.6 is 1.31 Å². The summed E-state index contributed by atoms with van der Waals surface area (Å²) in [5.74, 6) is 0. The number of hydrogen-bond donors (Lipinski definition) is 0. The molecule has 0 aromatic heterocycles. The van der Waals surface area contributed by atoms with Crippen LogP contribution in [0.15, 0.2) is 0 Å². The minimum absolute atomic E-state index is 0.806. The van der Waals surface area contributed by atoms with Crippen molar-refractivity contribution in [1.82, 2.24) is 0 Å². The molecule has 14 valence electrons. The molecule has 5 heteroatoms. The van der Waals surface area contributed by atoms with E-state index in [1.807, 2.05) is 0 Å². The van der Waals surface area contributed by atoms with Crippen molar-refractivity contribution in [1.29, 1.82) is 0 Å². The summed E-state index contributed by atoms with van der Waals surface area (Å²) in [5, 5.41) is 0. The third-order valence-electron chi connectivity index (χ3n) is 0. The van der Waals surface area contributed by atoms with E-state index >= 15 is 0 Å². The van der Waals surface area contributed by atoms with Gasteiger partial charge in [0.05, 0.1) is 0 Å². The van der Waals surface area contributed by atoms with E-state index in [0.29, 0.717) is 0 Å². The van der Waals surface area contributed by atoms with Gasteiger partial charge in [-0.3, -0.25) is 0 Å². The van der Waals surface area contributed by atoms with Crippen LogP contribution in [-0.4, -0.2) is 51.7 Å². The molecule has 0 radical (unpaired) electrons.